The fourth-order valence-corrected chi connectivity index (χ4v) is 6.15. The first-order valence-corrected chi connectivity index (χ1v) is 12.3. The molecule has 3 aliphatic rings. The first kappa shape index (κ1) is 24.4. The second-order valence-electron chi connectivity index (χ2n) is 10.0. The van der Waals surface area contributed by atoms with Crippen molar-refractivity contribution in [3.8, 4) is 5.75 Å². The van der Waals surface area contributed by atoms with E-state index in [4.69, 9.17) is 10.5 Å². The SMILES string of the molecule is CCCCC1(OC(N)=O)NCCc2ccccc21.CN1CC[C@@]2(C)c3cc(O)ccc3N(C)[C@@H]12. The number of anilines is 1. The number of aromatic hydroxyl groups is 1. The smallest absolute Gasteiger partial charge is 0.406 e. The van der Waals surface area contributed by atoms with Crippen LogP contribution in [0, 0.1) is 0 Å². The minimum atomic E-state index is -0.739. The topological polar surface area (TPSA) is 91.1 Å². The number of fused-ring (bicyclic) bond motifs is 4. The van der Waals surface area contributed by atoms with Gasteiger partial charge in [0, 0.05) is 43.2 Å². The van der Waals surface area contributed by atoms with Gasteiger partial charge in [-0.25, -0.2) is 4.79 Å². The second-order valence-corrected chi connectivity index (χ2v) is 10.0. The molecule has 3 aliphatic heterocycles. The molecule has 0 spiro atoms. The van der Waals surface area contributed by atoms with Crippen molar-refractivity contribution < 1.29 is 14.6 Å². The van der Waals surface area contributed by atoms with E-state index in [0.29, 0.717) is 11.9 Å². The molecule has 3 atom stereocenters. The van der Waals surface area contributed by atoms with E-state index in [0.717, 1.165) is 50.8 Å². The van der Waals surface area contributed by atoms with Crippen molar-refractivity contribution in [2.75, 3.05) is 32.1 Å². The van der Waals surface area contributed by atoms with E-state index in [-0.39, 0.29) is 5.41 Å². The first-order chi connectivity index (χ1) is 16.2. The van der Waals surface area contributed by atoms with Crippen LogP contribution in [-0.2, 0) is 22.3 Å². The Morgan fingerprint density at radius 1 is 1.24 bits per heavy atom. The molecular weight excluding hydrogens is 428 g/mol. The van der Waals surface area contributed by atoms with E-state index >= 15 is 0 Å². The number of nitrogens with one attached hydrogen (secondary N) is 1. The fraction of sp³-hybridized carbons (Fsp3) is 0.519. The quantitative estimate of drug-likeness (QED) is 0.630. The van der Waals surface area contributed by atoms with Crippen LogP contribution in [-0.4, -0.2) is 49.5 Å². The Kier molecular flexibility index (Phi) is 6.78. The molecule has 1 fully saturated rings. The zero-order valence-electron chi connectivity index (χ0n) is 20.8. The van der Waals surface area contributed by atoms with E-state index in [1.165, 1.54) is 16.8 Å². The van der Waals surface area contributed by atoms with E-state index < -0.39 is 11.8 Å². The molecule has 4 N–H and O–H groups in total. The molecule has 1 saturated heterocycles. The Balaban J connectivity index is 0.000000162. The van der Waals surface area contributed by atoms with Gasteiger partial charge in [-0.2, -0.15) is 0 Å². The number of primary amides is 1. The van der Waals surface area contributed by atoms with Crippen LogP contribution in [0.5, 0.6) is 5.75 Å². The van der Waals surface area contributed by atoms with Crippen molar-refractivity contribution in [2.24, 2.45) is 5.73 Å². The van der Waals surface area contributed by atoms with Crippen molar-refractivity contribution in [3.05, 3.63) is 59.2 Å². The zero-order chi connectivity index (χ0) is 24.5. The van der Waals surface area contributed by atoms with Crippen LogP contribution in [0.4, 0.5) is 10.5 Å². The van der Waals surface area contributed by atoms with Crippen LogP contribution in [0.3, 0.4) is 0 Å². The van der Waals surface area contributed by atoms with Crippen molar-refractivity contribution in [1.29, 1.82) is 0 Å². The van der Waals surface area contributed by atoms with Gasteiger partial charge in [-0.15, -0.1) is 0 Å². The number of likely N-dealkylation sites (N-methyl/N-ethyl adjacent to an activating group) is 2. The molecule has 7 heteroatoms. The standard InChI is InChI=1S/C14H20N2O2.C13H18N2O/c1-2-3-9-14(18-13(15)17)12-7-5-4-6-11(12)8-10-16-14;1-13-6-7-14(2)12(13)15(3)11-5-4-9(16)8-10(11)13/h4-7,16H,2-3,8-10H2,1H3,(H2,15,17);4-5,8,12,16H,6-7H2,1-3H3/t;12-,13+/m.1/s1. The number of rotatable bonds is 4. The molecule has 5 rings (SSSR count). The lowest BCUT2D eigenvalue weighted by Crippen LogP contribution is -2.51. The second kappa shape index (κ2) is 9.47. The van der Waals surface area contributed by atoms with E-state index in [2.05, 4.69) is 49.1 Å². The summed E-state index contributed by atoms with van der Waals surface area (Å²) in [4.78, 5) is 15.9. The summed E-state index contributed by atoms with van der Waals surface area (Å²) in [7, 11) is 4.33. The third-order valence-electron chi connectivity index (χ3n) is 7.73. The van der Waals surface area contributed by atoms with Gasteiger partial charge in [-0.1, -0.05) is 44.5 Å². The average molecular weight is 467 g/mol. The Hall–Kier alpha value is -2.77. The predicted molar refractivity (Wildman–Crippen MR) is 135 cm³/mol. The summed E-state index contributed by atoms with van der Waals surface area (Å²) >= 11 is 0. The Labute approximate surface area is 202 Å². The predicted octanol–water partition coefficient (Wildman–Crippen LogP) is 4.03. The lowest BCUT2D eigenvalue weighted by molar-refractivity contribution is -0.0294. The highest BCUT2D eigenvalue weighted by Crippen LogP contribution is 2.51. The zero-order valence-corrected chi connectivity index (χ0v) is 20.8. The number of phenolic OH excluding ortho intramolecular Hbond substituents is 1. The van der Waals surface area contributed by atoms with E-state index in [9.17, 15) is 9.90 Å². The van der Waals surface area contributed by atoms with E-state index in [1.807, 2.05) is 30.3 Å². The number of hydrogen-bond donors (Lipinski definition) is 3. The van der Waals surface area contributed by atoms with Crippen LogP contribution in [0.1, 0.15) is 56.2 Å². The molecule has 0 aromatic heterocycles. The van der Waals surface area contributed by atoms with Gasteiger partial charge >= 0.3 is 6.09 Å². The highest BCUT2D eigenvalue weighted by atomic mass is 16.6. The summed E-state index contributed by atoms with van der Waals surface area (Å²) in [5, 5.41) is 13.0. The van der Waals surface area contributed by atoms with Crippen molar-refractivity contribution in [3.63, 3.8) is 0 Å². The maximum Gasteiger partial charge on any atom is 0.406 e. The van der Waals surface area contributed by atoms with Crippen molar-refractivity contribution in [1.82, 2.24) is 10.2 Å². The lowest BCUT2D eigenvalue weighted by Gasteiger charge is -2.39. The number of nitrogens with zero attached hydrogens (tertiary/aromatic N) is 2. The van der Waals surface area contributed by atoms with Crippen LogP contribution >= 0.6 is 0 Å². The number of amides is 1. The monoisotopic (exact) mass is 466 g/mol. The third-order valence-corrected chi connectivity index (χ3v) is 7.73. The molecule has 0 aliphatic carbocycles. The van der Waals surface area contributed by atoms with Crippen LogP contribution < -0.4 is 16.0 Å². The van der Waals surface area contributed by atoms with Gasteiger partial charge in [0.15, 0.2) is 5.72 Å². The Morgan fingerprint density at radius 2 is 2.00 bits per heavy atom. The maximum absolute atomic E-state index is 11.2. The molecule has 2 aromatic rings. The van der Waals surface area contributed by atoms with Gasteiger partial charge in [-0.05, 0) is 55.6 Å². The number of likely N-dealkylation sites (tertiary alicyclic amines) is 1. The number of hydrogen-bond acceptors (Lipinski definition) is 6. The van der Waals surface area contributed by atoms with Gasteiger partial charge in [0.2, 0.25) is 0 Å². The summed E-state index contributed by atoms with van der Waals surface area (Å²) in [5.74, 6) is 0.378. The van der Waals surface area contributed by atoms with Gasteiger partial charge in [-0.3, -0.25) is 10.2 Å². The molecule has 7 nitrogen and oxygen atoms in total. The average Bonchev–Trinajstić information content (AvgIpc) is 3.23. The molecular formula is C27H38N4O3. The minimum absolute atomic E-state index is 0.164. The highest BCUT2D eigenvalue weighted by Gasteiger charge is 2.52. The largest absolute Gasteiger partial charge is 0.508 e. The van der Waals surface area contributed by atoms with Crippen LogP contribution in [0.15, 0.2) is 42.5 Å². The summed E-state index contributed by atoms with van der Waals surface area (Å²) in [6, 6.07) is 13.8. The molecule has 2 aromatic carbocycles. The number of nitrogens with two attached hydrogens (primary N) is 1. The number of ether oxygens (including phenoxy) is 1. The first-order valence-electron chi connectivity index (χ1n) is 12.3. The Bertz CT molecular complexity index is 1040. The van der Waals surface area contributed by atoms with E-state index in [1.54, 1.807) is 6.07 Å². The van der Waals surface area contributed by atoms with Crippen LogP contribution in [0.25, 0.3) is 0 Å². The Morgan fingerprint density at radius 3 is 2.74 bits per heavy atom. The molecule has 34 heavy (non-hydrogen) atoms. The molecule has 1 amide bonds. The molecule has 3 heterocycles. The van der Waals surface area contributed by atoms with Gasteiger partial charge in [0.1, 0.15) is 5.75 Å². The van der Waals surface area contributed by atoms with Gasteiger partial charge in [0.25, 0.3) is 0 Å². The summed E-state index contributed by atoms with van der Waals surface area (Å²) in [6.07, 6.45) is 4.60. The molecule has 0 bridgehead atoms. The summed E-state index contributed by atoms with van der Waals surface area (Å²) in [6.45, 7) is 6.35. The molecule has 1 unspecified atom stereocenters. The third kappa shape index (κ3) is 4.23. The highest BCUT2D eigenvalue weighted by molar-refractivity contribution is 5.66. The van der Waals surface area contributed by atoms with Crippen molar-refractivity contribution >= 4 is 11.8 Å². The molecule has 0 saturated carbocycles. The summed E-state index contributed by atoms with van der Waals surface area (Å²) in [5.41, 5.74) is 9.49. The maximum atomic E-state index is 11.2. The number of unbranched alkanes of at least 4 members (excludes halogenated alkanes) is 1. The fourth-order valence-electron chi connectivity index (χ4n) is 6.15. The number of phenols is 1. The van der Waals surface area contributed by atoms with Crippen molar-refractivity contribution in [2.45, 2.75) is 63.3 Å². The van der Waals surface area contributed by atoms with Gasteiger partial charge < -0.3 is 20.5 Å². The van der Waals surface area contributed by atoms with Gasteiger partial charge in [0.05, 0.1) is 6.17 Å². The van der Waals surface area contributed by atoms with Crippen LogP contribution in [0.2, 0.25) is 0 Å². The summed E-state index contributed by atoms with van der Waals surface area (Å²) < 4.78 is 5.44. The number of carbonyl (C=O) groups is 1. The lowest BCUT2D eigenvalue weighted by atomic mass is 9.81. The molecule has 184 valence electrons. The number of benzene rings is 2. The number of carbonyl (C=O) groups excluding carboxylic acids is 1. The molecule has 0 radical (unpaired) electrons. The minimum Gasteiger partial charge on any atom is -0.508 e. The normalized spacial score (nSPS) is 27.3.